The summed E-state index contributed by atoms with van der Waals surface area (Å²) in [5.41, 5.74) is 4.32. The van der Waals surface area contributed by atoms with Crippen molar-refractivity contribution in [3.63, 3.8) is 0 Å². The van der Waals surface area contributed by atoms with Crippen molar-refractivity contribution in [3.05, 3.63) is 82.9 Å². The number of rotatable bonds is 7. The van der Waals surface area contributed by atoms with Crippen LogP contribution in [0.5, 0.6) is 17.2 Å². The highest BCUT2D eigenvalue weighted by molar-refractivity contribution is 6.05. The number of carbonyl (C=O) groups excluding carboxylic acids is 1. The lowest BCUT2D eigenvalue weighted by atomic mass is 10.1. The molecule has 0 aliphatic rings. The average molecular weight is 391 g/mol. The Labute approximate surface area is 171 Å². The van der Waals surface area contributed by atoms with Crippen molar-refractivity contribution in [2.75, 3.05) is 19.5 Å². The van der Waals surface area contributed by atoms with Gasteiger partial charge in [-0.25, -0.2) is 0 Å². The Bertz CT molecular complexity index is 996. The Morgan fingerprint density at radius 2 is 1.62 bits per heavy atom. The van der Waals surface area contributed by atoms with Crippen LogP contribution in [0.3, 0.4) is 0 Å². The van der Waals surface area contributed by atoms with Crippen LogP contribution in [-0.2, 0) is 6.61 Å². The van der Waals surface area contributed by atoms with Gasteiger partial charge in [0, 0.05) is 16.8 Å². The summed E-state index contributed by atoms with van der Waals surface area (Å²) in [7, 11) is 3.22. The van der Waals surface area contributed by atoms with E-state index < -0.39 is 0 Å². The topological polar surface area (TPSA) is 56.8 Å². The SMILES string of the molecule is COc1ccc(OCc2cc(C(=O)Nc3cccc(C)c3C)ccc2OC)cc1. The van der Waals surface area contributed by atoms with Gasteiger partial charge in [-0.05, 0) is 73.5 Å². The molecule has 0 aromatic heterocycles. The monoisotopic (exact) mass is 391 g/mol. The molecule has 0 heterocycles. The van der Waals surface area contributed by atoms with Crippen LogP contribution < -0.4 is 19.5 Å². The van der Waals surface area contributed by atoms with Crippen molar-refractivity contribution < 1.29 is 19.0 Å². The number of hydrogen-bond donors (Lipinski definition) is 1. The highest BCUT2D eigenvalue weighted by Crippen LogP contribution is 2.25. The molecule has 0 saturated heterocycles. The van der Waals surface area contributed by atoms with Crippen LogP contribution in [0.2, 0.25) is 0 Å². The summed E-state index contributed by atoms with van der Waals surface area (Å²) < 4.78 is 16.4. The molecule has 0 atom stereocenters. The normalized spacial score (nSPS) is 10.3. The van der Waals surface area contributed by atoms with E-state index in [-0.39, 0.29) is 12.5 Å². The summed E-state index contributed by atoms with van der Waals surface area (Å²) in [5.74, 6) is 1.96. The number of nitrogens with one attached hydrogen (secondary N) is 1. The van der Waals surface area contributed by atoms with Crippen LogP contribution in [0.25, 0.3) is 0 Å². The van der Waals surface area contributed by atoms with Crippen LogP contribution in [0, 0.1) is 13.8 Å². The van der Waals surface area contributed by atoms with Crippen molar-refractivity contribution in [3.8, 4) is 17.2 Å². The standard InChI is InChI=1S/C24H25NO4/c1-16-6-5-7-22(17(16)2)25-24(26)18-8-13-23(28-4)19(14-18)15-29-21-11-9-20(27-3)10-12-21/h5-14H,15H2,1-4H3,(H,25,26). The van der Waals surface area contributed by atoms with Gasteiger partial charge in [-0.1, -0.05) is 12.1 Å². The Hall–Kier alpha value is -3.47. The van der Waals surface area contributed by atoms with Gasteiger partial charge in [0.2, 0.25) is 0 Å². The van der Waals surface area contributed by atoms with E-state index in [2.05, 4.69) is 5.32 Å². The first kappa shape index (κ1) is 20.3. The van der Waals surface area contributed by atoms with E-state index >= 15 is 0 Å². The minimum absolute atomic E-state index is 0.174. The van der Waals surface area contributed by atoms with Gasteiger partial charge < -0.3 is 19.5 Å². The van der Waals surface area contributed by atoms with Crippen LogP contribution in [-0.4, -0.2) is 20.1 Å². The molecule has 0 aliphatic heterocycles. The molecule has 5 nitrogen and oxygen atoms in total. The van der Waals surface area contributed by atoms with Gasteiger partial charge in [-0.15, -0.1) is 0 Å². The quantitative estimate of drug-likeness (QED) is 0.605. The Morgan fingerprint density at radius 3 is 2.31 bits per heavy atom. The largest absolute Gasteiger partial charge is 0.497 e. The molecule has 0 bridgehead atoms. The summed E-state index contributed by atoms with van der Waals surface area (Å²) in [6.07, 6.45) is 0. The Morgan fingerprint density at radius 1 is 0.897 bits per heavy atom. The average Bonchev–Trinajstić information content (AvgIpc) is 2.75. The lowest BCUT2D eigenvalue weighted by Gasteiger charge is -2.14. The molecule has 29 heavy (non-hydrogen) atoms. The van der Waals surface area contributed by atoms with Gasteiger partial charge in [0.15, 0.2) is 0 Å². The van der Waals surface area contributed by atoms with Crippen LogP contribution in [0.1, 0.15) is 27.0 Å². The second-order valence-corrected chi connectivity index (χ2v) is 6.69. The fraction of sp³-hybridized carbons (Fsp3) is 0.208. The van der Waals surface area contributed by atoms with Gasteiger partial charge in [0.25, 0.3) is 5.91 Å². The van der Waals surface area contributed by atoms with Gasteiger partial charge in [0.05, 0.1) is 14.2 Å². The molecule has 0 radical (unpaired) electrons. The van der Waals surface area contributed by atoms with Crippen LogP contribution in [0.15, 0.2) is 60.7 Å². The molecule has 0 unspecified atom stereocenters. The molecule has 3 aromatic rings. The molecule has 0 fully saturated rings. The van der Waals surface area contributed by atoms with Crippen LogP contribution in [0.4, 0.5) is 5.69 Å². The first-order valence-corrected chi connectivity index (χ1v) is 9.33. The maximum Gasteiger partial charge on any atom is 0.255 e. The van der Waals surface area contributed by atoms with E-state index in [1.165, 1.54) is 0 Å². The van der Waals surface area contributed by atoms with Crippen molar-refractivity contribution in [1.29, 1.82) is 0 Å². The first-order valence-electron chi connectivity index (χ1n) is 9.33. The smallest absolute Gasteiger partial charge is 0.255 e. The third-order valence-corrected chi connectivity index (χ3v) is 4.85. The maximum atomic E-state index is 12.8. The molecule has 5 heteroatoms. The molecule has 150 valence electrons. The predicted octanol–water partition coefficient (Wildman–Crippen LogP) is 5.15. The summed E-state index contributed by atoms with van der Waals surface area (Å²) in [4.78, 5) is 12.8. The van der Waals surface area contributed by atoms with Crippen molar-refractivity contribution in [2.24, 2.45) is 0 Å². The summed E-state index contributed by atoms with van der Waals surface area (Å²) in [6, 6.07) is 18.5. The summed E-state index contributed by atoms with van der Waals surface area (Å²) in [6.45, 7) is 4.29. The Balaban J connectivity index is 1.76. The number of anilines is 1. The minimum atomic E-state index is -0.174. The number of ether oxygens (including phenoxy) is 3. The molecule has 1 N–H and O–H groups in total. The molecule has 1 amide bonds. The number of aryl methyl sites for hydroxylation is 1. The van der Waals surface area contributed by atoms with Crippen molar-refractivity contribution in [2.45, 2.75) is 20.5 Å². The number of carbonyl (C=O) groups is 1. The highest BCUT2D eigenvalue weighted by Gasteiger charge is 2.13. The predicted molar refractivity (Wildman–Crippen MR) is 114 cm³/mol. The molecule has 0 aliphatic carbocycles. The zero-order valence-electron chi connectivity index (χ0n) is 17.1. The van der Waals surface area contributed by atoms with Gasteiger partial charge >= 0.3 is 0 Å². The summed E-state index contributed by atoms with van der Waals surface area (Å²) in [5, 5.41) is 2.98. The number of amides is 1. The molecule has 3 rings (SSSR count). The third-order valence-electron chi connectivity index (χ3n) is 4.85. The van der Waals surface area contributed by atoms with Gasteiger partial charge in [-0.2, -0.15) is 0 Å². The van der Waals surface area contributed by atoms with Crippen LogP contribution >= 0.6 is 0 Å². The molecular formula is C24H25NO4. The second kappa shape index (κ2) is 9.15. The third kappa shape index (κ3) is 4.88. The second-order valence-electron chi connectivity index (χ2n) is 6.69. The van der Waals surface area contributed by atoms with E-state index in [9.17, 15) is 4.79 Å². The number of hydrogen-bond acceptors (Lipinski definition) is 4. The van der Waals surface area contributed by atoms with E-state index in [0.29, 0.717) is 17.1 Å². The first-order chi connectivity index (χ1) is 14.0. The number of benzene rings is 3. The van der Waals surface area contributed by atoms with Crippen molar-refractivity contribution in [1.82, 2.24) is 0 Å². The van der Waals surface area contributed by atoms with Gasteiger partial charge in [-0.3, -0.25) is 4.79 Å². The molecule has 0 saturated carbocycles. The van der Waals surface area contributed by atoms with Gasteiger partial charge in [0.1, 0.15) is 23.9 Å². The fourth-order valence-electron chi connectivity index (χ4n) is 2.95. The van der Waals surface area contributed by atoms with E-state index in [1.807, 2.05) is 56.3 Å². The molecule has 3 aromatic carbocycles. The zero-order valence-corrected chi connectivity index (χ0v) is 17.1. The van der Waals surface area contributed by atoms with Crippen molar-refractivity contribution >= 4 is 11.6 Å². The van der Waals surface area contributed by atoms with E-state index in [0.717, 1.165) is 28.1 Å². The maximum absolute atomic E-state index is 12.8. The lowest BCUT2D eigenvalue weighted by Crippen LogP contribution is -2.14. The lowest BCUT2D eigenvalue weighted by molar-refractivity contribution is 0.102. The zero-order chi connectivity index (χ0) is 20.8. The number of methoxy groups -OCH3 is 2. The Kier molecular flexibility index (Phi) is 6.39. The highest BCUT2D eigenvalue weighted by atomic mass is 16.5. The molecule has 0 spiro atoms. The minimum Gasteiger partial charge on any atom is -0.497 e. The van der Waals surface area contributed by atoms with E-state index in [4.69, 9.17) is 14.2 Å². The molecular weight excluding hydrogens is 366 g/mol. The fourth-order valence-corrected chi connectivity index (χ4v) is 2.95. The summed E-state index contributed by atoms with van der Waals surface area (Å²) >= 11 is 0. The van der Waals surface area contributed by atoms with E-state index in [1.54, 1.807) is 32.4 Å².